The zero-order valence-corrected chi connectivity index (χ0v) is 17.0. The molecule has 0 amide bonds. The van der Waals surface area contributed by atoms with Crippen molar-refractivity contribution in [3.8, 4) is 0 Å². The van der Waals surface area contributed by atoms with Gasteiger partial charge in [-0.05, 0) is 61.2 Å². The van der Waals surface area contributed by atoms with Gasteiger partial charge in [-0.2, -0.15) is 0 Å². The summed E-state index contributed by atoms with van der Waals surface area (Å²) in [5.41, 5.74) is 3.26. The van der Waals surface area contributed by atoms with Crippen molar-refractivity contribution in [3.05, 3.63) is 75.1 Å². The first-order chi connectivity index (χ1) is 14.0. The highest BCUT2D eigenvalue weighted by Gasteiger charge is 2.23. The number of nitro groups is 1. The number of anilines is 4. The van der Waals surface area contributed by atoms with Crippen LogP contribution in [0.3, 0.4) is 0 Å². The topological polar surface area (TPSA) is 93.0 Å². The number of unbranched alkanes of at least 4 members (excludes halogenated alkanes) is 1. The van der Waals surface area contributed by atoms with Gasteiger partial charge < -0.3 is 10.6 Å². The van der Waals surface area contributed by atoms with Gasteiger partial charge in [-0.15, -0.1) is 0 Å². The van der Waals surface area contributed by atoms with Gasteiger partial charge in [0.2, 0.25) is 11.6 Å². The van der Waals surface area contributed by atoms with E-state index in [9.17, 15) is 10.1 Å². The van der Waals surface area contributed by atoms with Gasteiger partial charge in [0.05, 0.1) is 4.92 Å². The summed E-state index contributed by atoms with van der Waals surface area (Å²) in [7, 11) is 0. The monoisotopic (exact) mass is 411 g/mol. The average Bonchev–Trinajstić information content (AvgIpc) is 2.69. The lowest BCUT2D eigenvalue weighted by Crippen LogP contribution is -2.06. The summed E-state index contributed by atoms with van der Waals surface area (Å²) in [4.78, 5) is 19.4. The summed E-state index contributed by atoms with van der Waals surface area (Å²) >= 11 is 5.98. The number of rotatable bonds is 8. The molecule has 1 heterocycles. The Kier molecular flexibility index (Phi) is 6.61. The van der Waals surface area contributed by atoms with E-state index in [1.165, 1.54) is 11.9 Å². The fourth-order valence-electron chi connectivity index (χ4n) is 2.90. The number of benzene rings is 2. The van der Waals surface area contributed by atoms with Crippen LogP contribution in [0.2, 0.25) is 5.02 Å². The van der Waals surface area contributed by atoms with E-state index in [1.807, 2.05) is 31.2 Å². The Morgan fingerprint density at radius 1 is 1.07 bits per heavy atom. The summed E-state index contributed by atoms with van der Waals surface area (Å²) in [5.74, 6) is 0.234. The van der Waals surface area contributed by atoms with Crippen LogP contribution in [-0.2, 0) is 6.42 Å². The molecular formula is C21H22ClN5O2. The van der Waals surface area contributed by atoms with Crippen LogP contribution >= 0.6 is 11.6 Å². The van der Waals surface area contributed by atoms with E-state index >= 15 is 0 Å². The molecular weight excluding hydrogens is 390 g/mol. The zero-order valence-electron chi connectivity index (χ0n) is 16.3. The van der Waals surface area contributed by atoms with E-state index in [-0.39, 0.29) is 17.3 Å². The quantitative estimate of drug-likeness (QED) is 0.339. The molecule has 0 fully saturated rings. The Hall–Kier alpha value is -3.19. The summed E-state index contributed by atoms with van der Waals surface area (Å²) < 4.78 is 0. The molecule has 0 aliphatic heterocycles. The maximum atomic E-state index is 11.8. The van der Waals surface area contributed by atoms with E-state index in [4.69, 9.17) is 11.6 Å². The Morgan fingerprint density at radius 3 is 2.38 bits per heavy atom. The van der Waals surface area contributed by atoms with Crippen molar-refractivity contribution >= 4 is 40.3 Å². The van der Waals surface area contributed by atoms with Crippen LogP contribution < -0.4 is 10.6 Å². The lowest BCUT2D eigenvalue weighted by Gasteiger charge is -2.12. The third-order valence-electron chi connectivity index (χ3n) is 4.48. The minimum Gasteiger partial charge on any atom is -0.334 e. The fourth-order valence-corrected chi connectivity index (χ4v) is 3.13. The van der Waals surface area contributed by atoms with Crippen molar-refractivity contribution in [3.63, 3.8) is 0 Å². The molecule has 29 heavy (non-hydrogen) atoms. The number of nitrogens with one attached hydrogen (secondary N) is 2. The molecule has 0 radical (unpaired) electrons. The number of hydrogen-bond acceptors (Lipinski definition) is 6. The van der Waals surface area contributed by atoms with E-state index in [1.54, 1.807) is 18.2 Å². The Labute approximate surface area is 174 Å². The standard InChI is InChI=1S/C21H22ClN5O2/c1-3-4-5-15-6-9-17(10-7-15)25-20-19(27(28)29)21(24-13-23-20)26-18-11-8-16(22)12-14(18)2/h6-13H,3-5H2,1-2H3,(H2,23,24,25,26). The Morgan fingerprint density at radius 2 is 1.76 bits per heavy atom. The van der Waals surface area contributed by atoms with Gasteiger partial charge in [-0.25, -0.2) is 9.97 Å². The van der Waals surface area contributed by atoms with Crippen LogP contribution in [0, 0.1) is 17.0 Å². The van der Waals surface area contributed by atoms with Crippen LogP contribution in [0.5, 0.6) is 0 Å². The number of aryl methyl sites for hydroxylation is 2. The second-order valence-corrected chi connectivity index (χ2v) is 7.12. The van der Waals surface area contributed by atoms with Crippen LogP contribution in [0.15, 0.2) is 48.8 Å². The number of aromatic nitrogens is 2. The van der Waals surface area contributed by atoms with Crippen molar-refractivity contribution in [2.45, 2.75) is 33.1 Å². The fraction of sp³-hybridized carbons (Fsp3) is 0.238. The molecule has 0 unspecified atom stereocenters. The molecule has 3 aromatic rings. The minimum atomic E-state index is -0.495. The molecule has 0 atom stereocenters. The molecule has 0 bridgehead atoms. The number of nitrogens with zero attached hydrogens (tertiary/aromatic N) is 3. The summed E-state index contributed by atoms with van der Waals surface area (Å²) in [6.45, 7) is 4.02. The third kappa shape index (κ3) is 5.20. The number of halogens is 1. The van der Waals surface area contributed by atoms with E-state index in [0.29, 0.717) is 10.7 Å². The van der Waals surface area contributed by atoms with Crippen LogP contribution in [-0.4, -0.2) is 14.9 Å². The Bertz CT molecular complexity index is 1010. The van der Waals surface area contributed by atoms with Gasteiger partial charge in [0.1, 0.15) is 6.33 Å². The molecule has 150 valence electrons. The van der Waals surface area contributed by atoms with E-state index in [0.717, 1.165) is 30.5 Å². The molecule has 0 saturated carbocycles. The highest BCUT2D eigenvalue weighted by atomic mass is 35.5. The van der Waals surface area contributed by atoms with Gasteiger partial charge in [0.15, 0.2) is 0 Å². The zero-order chi connectivity index (χ0) is 20.8. The summed E-state index contributed by atoms with van der Waals surface area (Å²) in [6.07, 6.45) is 4.57. The first-order valence-corrected chi connectivity index (χ1v) is 9.74. The summed E-state index contributed by atoms with van der Waals surface area (Å²) in [5, 5.41) is 18.4. The van der Waals surface area contributed by atoms with Crippen molar-refractivity contribution in [2.75, 3.05) is 10.6 Å². The third-order valence-corrected chi connectivity index (χ3v) is 4.72. The predicted molar refractivity (Wildman–Crippen MR) is 116 cm³/mol. The molecule has 1 aromatic heterocycles. The van der Waals surface area contributed by atoms with Gasteiger partial charge >= 0.3 is 5.69 Å². The second-order valence-electron chi connectivity index (χ2n) is 6.69. The van der Waals surface area contributed by atoms with Crippen molar-refractivity contribution in [1.29, 1.82) is 0 Å². The molecule has 0 aliphatic rings. The van der Waals surface area contributed by atoms with Gasteiger partial charge in [-0.1, -0.05) is 37.1 Å². The minimum absolute atomic E-state index is 0.109. The normalized spacial score (nSPS) is 10.6. The second kappa shape index (κ2) is 9.34. The molecule has 0 aliphatic carbocycles. The molecule has 3 rings (SSSR count). The van der Waals surface area contributed by atoms with Gasteiger partial charge in [0, 0.05) is 16.4 Å². The highest BCUT2D eigenvalue weighted by molar-refractivity contribution is 6.30. The lowest BCUT2D eigenvalue weighted by molar-refractivity contribution is -0.383. The maximum absolute atomic E-state index is 11.8. The van der Waals surface area contributed by atoms with Gasteiger partial charge in [-0.3, -0.25) is 10.1 Å². The van der Waals surface area contributed by atoms with Crippen LogP contribution in [0.25, 0.3) is 0 Å². The molecule has 0 saturated heterocycles. The average molecular weight is 412 g/mol. The van der Waals surface area contributed by atoms with Crippen LogP contribution in [0.4, 0.5) is 28.7 Å². The highest BCUT2D eigenvalue weighted by Crippen LogP contribution is 2.34. The molecule has 2 aromatic carbocycles. The number of hydrogen-bond donors (Lipinski definition) is 2. The molecule has 2 N–H and O–H groups in total. The van der Waals surface area contributed by atoms with Gasteiger partial charge in [0.25, 0.3) is 0 Å². The smallest absolute Gasteiger partial charge is 0.334 e. The van der Waals surface area contributed by atoms with E-state index in [2.05, 4.69) is 27.5 Å². The predicted octanol–water partition coefficient (Wildman–Crippen LogP) is 6.18. The Balaban J connectivity index is 1.87. The first kappa shape index (κ1) is 20.5. The largest absolute Gasteiger partial charge is 0.353 e. The van der Waals surface area contributed by atoms with Crippen molar-refractivity contribution < 1.29 is 4.92 Å². The molecule has 7 nitrogen and oxygen atoms in total. The SMILES string of the molecule is CCCCc1ccc(Nc2ncnc(Nc3ccc(Cl)cc3C)c2[N+](=O)[O-])cc1. The van der Waals surface area contributed by atoms with Crippen LogP contribution in [0.1, 0.15) is 30.9 Å². The van der Waals surface area contributed by atoms with Crippen molar-refractivity contribution in [1.82, 2.24) is 9.97 Å². The molecule has 8 heteroatoms. The first-order valence-electron chi connectivity index (χ1n) is 9.36. The summed E-state index contributed by atoms with van der Waals surface area (Å²) in [6, 6.07) is 13.1. The lowest BCUT2D eigenvalue weighted by atomic mass is 10.1. The van der Waals surface area contributed by atoms with Crippen molar-refractivity contribution in [2.24, 2.45) is 0 Å². The molecule has 0 spiro atoms. The van der Waals surface area contributed by atoms with E-state index < -0.39 is 4.92 Å². The maximum Gasteiger partial charge on any atom is 0.353 e.